The van der Waals surface area contributed by atoms with Crippen LogP contribution in [-0.2, 0) is 19.1 Å². The maximum atomic E-state index is 13.5. The van der Waals surface area contributed by atoms with Crippen molar-refractivity contribution in [3.8, 4) is 16.9 Å². The fourth-order valence-electron chi connectivity index (χ4n) is 2.72. The van der Waals surface area contributed by atoms with E-state index in [1.807, 2.05) is 5.16 Å². The van der Waals surface area contributed by atoms with Crippen LogP contribution >= 0.6 is 0 Å². The Morgan fingerprint density at radius 2 is 2.12 bits per heavy atom. The zero-order chi connectivity index (χ0) is 18.3. The highest BCUT2D eigenvalue weighted by atomic mass is 19.4. The van der Waals surface area contributed by atoms with Gasteiger partial charge in [0.25, 0.3) is 0 Å². The van der Waals surface area contributed by atoms with Crippen LogP contribution in [-0.4, -0.2) is 21.1 Å². The molecule has 1 N–H and O–H groups in total. The minimum atomic E-state index is -4.61. The highest BCUT2D eigenvalue weighted by Gasteiger charge is 2.35. The fraction of sp³-hybridized carbons (Fsp3) is 0.188. The molecule has 0 aliphatic carbocycles. The topological polar surface area (TPSA) is 85.4 Å². The van der Waals surface area contributed by atoms with Gasteiger partial charge >= 0.3 is 11.9 Å². The molecule has 0 bridgehead atoms. The zero-order valence-electron chi connectivity index (χ0n) is 13.1. The molecule has 3 aromatic rings. The van der Waals surface area contributed by atoms with Crippen LogP contribution in [0.25, 0.3) is 11.1 Å². The Kier molecular flexibility index (Phi) is 3.67. The van der Waals surface area contributed by atoms with Crippen LogP contribution in [0.2, 0.25) is 0 Å². The second-order valence-electron chi connectivity index (χ2n) is 5.63. The summed E-state index contributed by atoms with van der Waals surface area (Å²) in [5, 5.41) is 5.74. The number of para-hydroxylation sites is 1. The lowest BCUT2D eigenvalue weighted by atomic mass is 9.96. The minimum Gasteiger partial charge on any atom is -0.356 e. The van der Waals surface area contributed by atoms with Crippen molar-refractivity contribution in [3.63, 3.8) is 0 Å². The zero-order valence-corrected chi connectivity index (χ0v) is 13.1. The Morgan fingerprint density at radius 1 is 1.27 bits per heavy atom. The lowest BCUT2D eigenvalue weighted by Gasteiger charge is -2.18. The van der Waals surface area contributed by atoms with E-state index < -0.39 is 17.4 Å². The number of oxime groups is 1. The third-order valence-electron chi connectivity index (χ3n) is 3.96. The van der Waals surface area contributed by atoms with Crippen LogP contribution in [0.4, 0.5) is 13.2 Å². The molecule has 0 saturated heterocycles. The Hall–Kier alpha value is -3.30. The maximum absolute atomic E-state index is 13.5. The molecule has 7 nitrogen and oxygen atoms in total. The Morgan fingerprint density at radius 3 is 2.81 bits per heavy atom. The van der Waals surface area contributed by atoms with Crippen molar-refractivity contribution in [2.45, 2.75) is 19.1 Å². The molecule has 10 heteroatoms. The second kappa shape index (κ2) is 5.90. The predicted molar refractivity (Wildman–Crippen MR) is 83.9 cm³/mol. The van der Waals surface area contributed by atoms with Gasteiger partial charge in [0.1, 0.15) is 6.54 Å². The van der Waals surface area contributed by atoms with E-state index in [9.17, 15) is 18.0 Å². The number of pyridine rings is 1. The van der Waals surface area contributed by atoms with Crippen LogP contribution in [0.5, 0.6) is 5.75 Å². The summed E-state index contributed by atoms with van der Waals surface area (Å²) in [5.41, 5.74) is -0.277. The minimum absolute atomic E-state index is 0.0923. The summed E-state index contributed by atoms with van der Waals surface area (Å²) in [6.07, 6.45) is -1.86. The molecule has 26 heavy (non-hydrogen) atoms. The molecule has 4 rings (SSSR count). The summed E-state index contributed by atoms with van der Waals surface area (Å²) < 4.78 is 46.1. The smallest absolute Gasteiger partial charge is 0.356 e. The van der Waals surface area contributed by atoms with E-state index in [2.05, 4.69) is 10.1 Å². The Bertz CT molecular complexity index is 1050. The van der Waals surface area contributed by atoms with Gasteiger partial charge in [-0.25, -0.2) is 4.79 Å². The van der Waals surface area contributed by atoms with Crippen LogP contribution in [0.3, 0.4) is 0 Å². The number of hydrogen-bond donors (Lipinski definition) is 1. The van der Waals surface area contributed by atoms with E-state index in [4.69, 9.17) is 9.47 Å². The van der Waals surface area contributed by atoms with E-state index in [1.54, 1.807) is 12.1 Å². The van der Waals surface area contributed by atoms with E-state index >= 15 is 0 Å². The number of benzene rings is 1. The third-order valence-corrected chi connectivity index (χ3v) is 3.96. The quantitative estimate of drug-likeness (QED) is 0.774. The molecule has 3 heterocycles. The van der Waals surface area contributed by atoms with Crippen molar-refractivity contribution in [3.05, 3.63) is 57.8 Å². The van der Waals surface area contributed by atoms with E-state index in [0.717, 1.165) is 16.5 Å². The fourth-order valence-corrected chi connectivity index (χ4v) is 2.72. The van der Waals surface area contributed by atoms with Gasteiger partial charge in [0, 0.05) is 35.5 Å². The molecule has 0 fully saturated rings. The summed E-state index contributed by atoms with van der Waals surface area (Å²) in [4.78, 5) is 20.3. The normalized spacial score (nSPS) is 13.5. The molecule has 0 unspecified atom stereocenters. The molecule has 134 valence electrons. The summed E-state index contributed by atoms with van der Waals surface area (Å²) >= 11 is 0. The molecule has 0 atom stereocenters. The number of rotatable bonds is 3. The maximum Gasteiger partial charge on any atom is 0.418 e. The molecule has 0 amide bonds. The molecule has 0 spiro atoms. The molecule has 1 aliphatic heterocycles. The Balaban J connectivity index is 1.86. The largest absolute Gasteiger partial charge is 0.418 e. The van der Waals surface area contributed by atoms with Crippen molar-refractivity contribution < 1.29 is 22.6 Å². The van der Waals surface area contributed by atoms with Gasteiger partial charge in [0.2, 0.25) is 0 Å². The van der Waals surface area contributed by atoms with Gasteiger partial charge in [-0.05, 0) is 6.07 Å². The third kappa shape index (κ3) is 2.79. The molecule has 0 saturated carbocycles. The molecule has 1 aromatic carbocycles. The van der Waals surface area contributed by atoms with Gasteiger partial charge in [-0.15, -0.1) is 9.90 Å². The van der Waals surface area contributed by atoms with Gasteiger partial charge in [0.15, 0.2) is 5.75 Å². The van der Waals surface area contributed by atoms with Crippen molar-refractivity contribution in [1.82, 2.24) is 14.9 Å². The number of fused-ring (bicyclic) bond motifs is 1. The van der Waals surface area contributed by atoms with Crippen molar-refractivity contribution in [1.29, 1.82) is 0 Å². The number of alkyl halides is 3. The number of hydrogen-bond acceptors (Lipinski definition) is 5. The summed E-state index contributed by atoms with van der Waals surface area (Å²) in [5.74, 6) is 0.274. The molecule has 2 aromatic heterocycles. The number of aromatic nitrogens is 3. The lowest BCUT2D eigenvalue weighted by molar-refractivity contribution is -0.137. The van der Waals surface area contributed by atoms with E-state index in [-0.39, 0.29) is 29.1 Å². The predicted octanol–water partition coefficient (Wildman–Crippen LogP) is 2.82. The summed E-state index contributed by atoms with van der Waals surface area (Å²) in [6, 6.07) is 6.22. The van der Waals surface area contributed by atoms with Gasteiger partial charge in [-0.2, -0.15) is 13.2 Å². The van der Waals surface area contributed by atoms with Crippen molar-refractivity contribution in [2.75, 3.05) is 0 Å². The van der Waals surface area contributed by atoms with Gasteiger partial charge in [0.05, 0.1) is 11.3 Å². The van der Waals surface area contributed by atoms with Crippen LogP contribution in [0.1, 0.15) is 16.8 Å². The average molecular weight is 364 g/mol. The number of H-pyrrole nitrogens is 1. The number of aromatic amines is 1. The van der Waals surface area contributed by atoms with Crippen LogP contribution in [0.15, 0.2) is 45.0 Å². The molecule has 0 radical (unpaired) electrons. The van der Waals surface area contributed by atoms with E-state index in [1.165, 1.54) is 18.3 Å². The van der Waals surface area contributed by atoms with Gasteiger partial charge < -0.3 is 4.84 Å². The first kappa shape index (κ1) is 16.2. The second-order valence-corrected chi connectivity index (χ2v) is 5.63. The lowest BCUT2D eigenvalue weighted by Crippen LogP contribution is -2.29. The van der Waals surface area contributed by atoms with Crippen LogP contribution in [0, 0.1) is 0 Å². The van der Waals surface area contributed by atoms with Gasteiger partial charge in [-0.3, -0.25) is 9.61 Å². The molecular weight excluding hydrogens is 353 g/mol. The molecule has 1 aliphatic rings. The SMILES string of the molecule is O=c1[nH]on1Cc1cc(-c2cccc3c2ON=CC3)c(C(F)(F)F)cn1. The van der Waals surface area contributed by atoms with Gasteiger partial charge in [-0.1, -0.05) is 23.4 Å². The highest BCUT2D eigenvalue weighted by molar-refractivity contribution is 5.78. The summed E-state index contributed by atoms with van der Waals surface area (Å²) in [7, 11) is 0. The van der Waals surface area contributed by atoms with Crippen molar-refractivity contribution >= 4 is 6.21 Å². The first-order valence-electron chi connectivity index (χ1n) is 7.55. The first-order valence-corrected chi connectivity index (χ1v) is 7.55. The van der Waals surface area contributed by atoms with E-state index in [0.29, 0.717) is 6.42 Å². The molecular formula is C16H11F3N4O3. The average Bonchev–Trinajstić information content (AvgIpc) is 2.63. The Labute approximate surface area is 143 Å². The number of nitrogens with one attached hydrogen (secondary N) is 1. The number of nitrogens with zero attached hydrogens (tertiary/aromatic N) is 3. The number of halogens is 3. The highest BCUT2D eigenvalue weighted by Crippen LogP contribution is 2.42. The van der Waals surface area contributed by atoms with Crippen molar-refractivity contribution in [2.24, 2.45) is 5.16 Å². The monoisotopic (exact) mass is 364 g/mol. The standard InChI is InChI=1S/C16H11F3N4O3/c17-16(18,19)13-7-20-10(8-23-15(24)22-26-23)6-12(13)11-3-1-2-9-4-5-21-25-14(9)11/h1-3,5-7H,4,8H2,(H,22,24). The van der Waals surface area contributed by atoms with Crippen LogP contribution < -0.4 is 10.5 Å². The first-order chi connectivity index (χ1) is 12.4. The summed E-state index contributed by atoms with van der Waals surface area (Å²) in [6.45, 7) is -0.0923.